The van der Waals surface area contributed by atoms with Crippen molar-refractivity contribution in [2.75, 3.05) is 18.4 Å². The first-order chi connectivity index (χ1) is 13.5. The maximum atomic E-state index is 13.0. The van der Waals surface area contributed by atoms with Crippen molar-refractivity contribution in [3.05, 3.63) is 40.8 Å². The van der Waals surface area contributed by atoms with E-state index in [2.05, 4.69) is 30.6 Å². The lowest BCUT2D eigenvalue weighted by Gasteiger charge is -2.38. The molecule has 4 rings (SSSR count). The first-order valence-electron chi connectivity index (χ1n) is 8.86. The number of pyridine rings is 1. The molecule has 1 aliphatic heterocycles. The third-order valence-electron chi connectivity index (χ3n) is 4.51. The minimum absolute atomic E-state index is 0.0104. The molecule has 3 aromatic heterocycles. The molecule has 0 unspecified atom stereocenters. The minimum atomic E-state index is -0.187. The van der Waals surface area contributed by atoms with Crippen molar-refractivity contribution in [1.82, 2.24) is 30.2 Å². The van der Waals surface area contributed by atoms with E-state index in [1.165, 1.54) is 11.3 Å². The van der Waals surface area contributed by atoms with E-state index in [-0.39, 0.29) is 18.0 Å². The maximum Gasteiger partial charge on any atom is 0.274 e. The number of aryl methyl sites for hydroxylation is 1. The van der Waals surface area contributed by atoms with Crippen molar-refractivity contribution in [2.24, 2.45) is 0 Å². The van der Waals surface area contributed by atoms with Gasteiger partial charge in [0.25, 0.3) is 5.91 Å². The third kappa shape index (κ3) is 3.50. The van der Waals surface area contributed by atoms with Crippen LogP contribution in [0, 0.1) is 6.92 Å². The van der Waals surface area contributed by atoms with Crippen molar-refractivity contribution in [3.63, 3.8) is 0 Å². The Bertz CT molecular complexity index is 1020. The topological polar surface area (TPSA) is 113 Å². The zero-order valence-electron chi connectivity index (χ0n) is 15.4. The van der Waals surface area contributed by atoms with Crippen LogP contribution in [0.3, 0.4) is 0 Å². The second kappa shape index (κ2) is 7.47. The fourth-order valence-corrected chi connectivity index (χ4v) is 3.87. The van der Waals surface area contributed by atoms with Gasteiger partial charge in [0.1, 0.15) is 4.70 Å². The van der Waals surface area contributed by atoms with Crippen LogP contribution in [-0.4, -0.2) is 56.3 Å². The number of anilines is 1. The van der Waals surface area contributed by atoms with Gasteiger partial charge in [-0.05, 0) is 26.0 Å². The first-order valence-corrected chi connectivity index (χ1v) is 9.68. The highest BCUT2D eigenvalue weighted by molar-refractivity contribution is 7.18. The van der Waals surface area contributed by atoms with E-state index in [4.69, 9.17) is 0 Å². The highest BCUT2D eigenvalue weighted by atomic mass is 32.1. The maximum absolute atomic E-state index is 13.0. The third-order valence-corrected chi connectivity index (χ3v) is 5.48. The molecule has 9 nitrogen and oxygen atoms in total. The number of hydrogen-bond donors (Lipinski definition) is 2. The van der Waals surface area contributed by atoms with Gasteiger partial charge in [-0.25, -0.2) is 9.97 Å². The molecule has 28 heavy (non-hydrogen) atoms. The van der Waals surface area contributed by atoms with E-state index in [0.29, 0.717) is 41.5 Å². The molecule has 3 aromatic rings. The van der Waals surface area contributed by atoms with E-state index in [9.17, 15) is 9.59 Å². The van der Waals surface area contributed by atoms with E-state index < -0.39 is 0 Å². The van der Waals surface area contributed by atoms with Crippen molar-refractivity contribution < 1.29 is 9.59 Å². The molecule has 1 atom stereocenters. The zero-order chi connectivity index (χ0) is 19.7. The molecule has 2 amide bonds. The number of fused-ring (bicyclic) bond motifs is 1. The number of nitrogens with zero attached hydrogens (tertiary/aromatic N) is 5. The fraction of sp³-hybridized carbons (Fsp3) is 0.333. The summed E-state index contributed by atoms with van der Waals surface area (Å²) >= 11 is 1.40. The zero-order valence-corrected chi connectivity index (χ0v) is 16.2. The number of thiazole rings is 1. The Morgan fingerprint density at radius 3 is 2.86 bits per heavy atom. The Morgan fingerprint density at radius 2 is 2.14 bits per heavy atom. The summed E-state index contributed by atoms with van der Waals surface area (Å²) in [6.07, 6.45) is 2.38. The van der Waals surface area contributed by atoms with Crippen LogP contribution in [0.15, 0.2) is 24.4 Å². The smallest absolute Gasteiger partial charge is 0.274 e. The fourth-order valence-electron chi connectivity index (χ4n) is 3.03. The van der Waals surface area contributed by atoms with E-state index in [1.807, 2.05) is 32.0 Å². The van der Waals surface area contributed by atoms with Gasteiger partial charge < -0.3 is 15.5 Å². The molecule has 4 heterocycles. The van der Waals surface area contributed by atoms with Crippen LogP contribution in [0.1, 0.15) is 34.2 Å². The van der Waals surface area contributed by atoms with Gasteiger partial charge in [-0.3, -0.25) is 14.6 Å². The summed E-state index contributed by atoms with van der Waals surface area (Å²) in [4.78, 5) is 42.9. The minimum Gasteiger partial charge on any atom is -0.352 e. The normalized spacial score (nSPS) is 15.1. The van der Waals surface area contributed by atoms with Gasteiger partial charge >= 0.3 is 0 Å². The molecule has 0 bridgehead atoms. The number of aromatic nitrogens is 4. The SMILES string of the molecule is Cc1nc2nc(N[C@@H](C)c3ccccn3)nc(C(=O)N3CC(NC=O)C3)c2s1. The molecule has 1 saturated heterocycles. The van der Waals surface area contributed by atoms with Crippen LogP contribution in [0.2, 0.25) is 0 Å². The largest absolute Gasteiger partial charge is 0.352 e. The van der Waals surface area contributed by atoms with Crippen molar-refractivity contribution in [2.45, 2.75) is 25.9 Å². The van der Waals surface area contributed by atoms with E-state index >= 15 is 0 Å². The molecule has 0 spiro atoms. The molecular formula is C18H19N7O2S. The average Bonchev–Trinajstić information content (AvgIpc) is 3.04. The Morgan fingerprint density at radius 1 is 1.32 bits per heavy atom. The van der Waals surface area contributed by atoms with Gasteiger partial charge in [-0.1, -0.05) is 6.07 Å². The van der Waals surface area contributed by atoms with Crippen LogP contribution in [0.5, 0.6) is 0 Å². The van der Waals surface area contributed by atoms with Crippen LogP contribution < -0.4 is 10.6 Å². The van der Waals surface area contributed by atoms with Crippen LogP contribution in [0.25, 0.3) is 10.3 Å². The Balaban J connectivity index is 1.62. The lowest BCUT2D eigenvalue weighted by Crippen LogP contribution is -2.59. The Labute approximate surface area is 165 Å². The molecule has 0 aliphatic carbocycles. The van der Waals surface area contributed by atoms with E-state index in [1.54, 1.807) is 11.1 Å². The highest BCUT2D eigenvalue weighted by Gasteiger charge is 2.33. The van der Waals surface area contributed by atoms with Crippen molar-refractivity contribution in [3.8, 4) is 0 Å². The Kier molecular flexibility index (Phi) is 4.86. The molecule has 144 valence electrons. The average molecular weight is 397 g/mol. The lowest BCUT2D eigenvalue weighted by molar-refractivity contribution is -0.111. The summed E-state index contributed by atoms with van der Waals surface area (Å²) in [5, 5.41) is 6.71. The summed E-state index contributed by atoms with van der Waals surface area (Å²) in [6.45, 7) is 4.76. The van der Waals surface area contributed by atoms with E-state index in [0.717, 1.165) is 10.7 Å². The van der Waals surface area contributed by atoms with Gasteiger partial charge in [-0.2, -0.15) is 4.98 Å². The molecule has 1 fully saturated rings. The molecule has 10 heteroatoms. The summed E-state index contributed by atoms with van der Waals surface area (Å²) in [5.74, 6) is 0.149. The standard InChI is InChI=1S/C18H19N7O2S/c1-10(13-5-3-4-6-19-13)21-18-23-14(15-16(24-18)22-11(2)28-15)17(27)25-7-12(8-25)20-9-26/h3-6,9-10,12H,7-8H2,1-2H3,(H,20,26)(H,21,23,24)/t10-/m0/s1. The van der Waals surface area contributed by atoms with Crippen LogP contribution >= 0.6 is 11.3 Å². The number of carbonyl (C=O) groups excluding carboxylic acids is 2. The second-order valence-electron chi connectivity index (χ2n) is 6.59. The van der Waals surface area contributed by atoms with Crippen molar-refractivity contribution >= 4 is 39.9 Å². The monoisotopic (exact) mass is 397 g/mol. The molecule has 0 aromatic carbocycles. The summed E-state index contributed by atoms with van der Waals surface area (Å²) < 4.78 is 0.672. The molecule has 2 N–H and O–H groups in total. The van der Waals surface area contributed by atoms with Gasteiger partial charge in [0.05, 0.1) is 22.8 Å². The first kappa shape index (κ1) is 18.2. The summed E-state index contributed by atoms with van der Waals surface area (Å²) in [6, 6.07) is 5.54. The van der Waals surface area contributed by atoms with Gasteiger partial charge in [0.2, 0.25) is 12.4 Å². The lowest BCUT2D eigenvalue weighted by atomic mass is 10.1. The molecule has 0 radical (unpaired) electrons. The highest BCUT2D eigenvalue weighted by Crippen LogP contribution is 2.27. The number of likely N-dealkylation sites (tertiary alicyclic amines) is 1. The number of hydrogen-bond acceptors (Lipinski definition) is 8. The predicted octanol–water partition coefficient (Wildman–Crippen LogP) is 1.53. The van der Waals surface area contributed by atoms with Gasteiger partial charge in [-0.15, -0.1) is 11.3 Å². The van der Waals surface area contributed by atoms with Crippen LogP contribution in [0.4, 0.5) is 5.95 Å². The molecule has 0 saturated carbocycles. The number of carbonyl (C=O) groups is 2. The van der Waals surface area contributed by atoms with Crippen LogP contribution in [-0.2, 0) is 4.79 Å². The number of nitrogens with one attached hydrogen (secondary N) is 2. The Hall–Kier alpha value is -3.14. The predicted molar refractivity (Wildman–Crippen MR) is 105 cm³/mol. The van der Waals surface area contributed by atoms with Gasteiger partial charge in [0, 0.05) is 19.3 Å². The molecular weight excluding hydrogens is 378 g/mol. The number of rotatable bonds is 6. The quantitative estimate of drug-likeness (QED) is 0.607. The summed E-state index contributed by atoms with van der Waals surface area (Å²) in [7, 11) is 0. The number of amides is 2. The van der Waals surface area contributed by atoms with Gasteiger partial charge in [0.15, 0.2) is 11.3 Å². The van der Waals surface area contributed by atoms with Crippen molar-refractivity contribution in [1.29, 1.82) is 0 Å². The summed E-state index contributed by atoms with van der Waals surface area (Å²) in [5.41, 5.74) is 1.68. The second-order valence-corrected chi connectivity index (χ2v) is 7.80. The molecule has 1 aliphatic rings.